The SMILES string of the molecule is CC(C)n1c(-c2ccccc2)cc2cc(NC(=O)c3ccccc3Cl)ccc21. The molecule has 0 aliphatic carbocycles. The lowest BCUT2D eigenvalue weighted by molar-refractivity contribution is 0.102. The second-order valence-corrected chi connectivity index (χ2v) is 7.47. The second kappa shape index (κ2) is 7.53. The molecule has 140 valence electrons. The molecule has 1 heterocycles. The minimum absolute atomic E-state index is 0.212. The largest absolute Gasteiger partial charge is 0.338 e. The molecule has 0 aliphatic heterocycles. The Balaban J connectivity index is 1.74. The van der Waals surface area contributed by atoms with E-state index in [0.717, 1.165) is 16.6 Å². The first-order valence-corrected chi connectivity index (χ1v) is 9.68. The molecular weight excluding hydrogens is 368 g/mol. The van der Waals surface area contributed by atoms with E-state index in [1.165, 1.54) is 11.3 Å². The van der Waals surface area contributed by atoms with E-state index in [0.29, 0.717) is 16.6 Å². The number of hydrogen-bond acceptors (Lipinski definition) is 1. The van der Waals surface area contributed by atoms with Crippen molar-refractivity contribution in [3.8, 4) is 11.3 Å². The van der Waals surface area contributed by atoms with E-state index in [2.05, 4.69) is 48.0 Å². The standard InChI is InChI=1S/C24H21ClN2O/c1-16(2)27-22-13-12-19(26-24(28)20-10-6-7-11-21(20)25)14-18(22)15-23(27)17-8-4-3-5-9-17/h3-16H,1-2H3,(H,26,28). The Morgan fingerprint density at radius 1 is 0.929 bits per heavy atom. The van der Waals surface area contributed by atoms with Gasteiger partial charge in [0.2, 0.25) is 0 Å². The van der Waals surface area contributed by atoms with Crippen LogP contribution in [0, 0.1) is 0 Å². The van der Waals surface area contributed by atoms with Crippen LogP contribution >= 0.6 is 11.6 Å². The monoisotopic (exact) mass is 388 g/mol. The van der Waals surface area contributed by atoms with Gasteiger partial charge in [0.15, 0.2) is 0 Å². The van der Waals surface area contributed by atoms with Crippen LogP contribution in [0.2, 0.25) is 5.02 Å². The van der Waals surface area contributed by atoms with Crippen molar-refractivity contribution in [3.63, 3.8) is 0 Å². The average Bonchev–Trinajstić information content (AvgIpc) is 3.08. The number of anilines is 1. The molecule has 3 aromatic carbocycles. The Kier molecular flexibility index (Phi) is 4.93. The van der Waals surface area contributed by atoms with Gasteiger partial charge in [0.1, 0.15) is 0 Å². The first kappa shape index (κ1) is 18.3. The number of benzene rings is 3. The summed E-state index contributed by atoms with van der Waals surface area (Å²) in [6, 6.07) is 25.9. The first-order valence-electron chi connectivity index (χ1n) is 9.31. The number of halogens is 1. The number of nitrogens with one attached hydrogen (secondary N) is 1. The van der Waals surface area contributed by atoms with Gasteiger partial charge < -0.3 is 9.88 Å². The Bertz CT molecular complexity index is 1150. The minimum Gasteiger partial charge on any atom is -0.338 e. The number of aromatic nitrogens is 1. The molecule has 4 heteroatoms. The summed E-state index contributed by atoms with van der Waals surface area (Å²) >= 11 is 6.14. The van der Waals surface area contributed by atoms with Crippen LogP contribution in [-0.4, -0.2) is 10.5 Å². The van der Waals surface area contributed by atoms with Crippen LogP contribution in [0.4, 0.5) is 5.69 Å². The molecule has 1 aromatic heterocycles. The zero-order valence-corrected chi connectivity index (χ0v) is 16.6. The summed E-state index contributed by atoms with van der Waals surface area (Å²) < 4.78 is 2.32. The molecule has 4 aromatic rings. The van der Waals surface area contributed by atoms with Crippen LogP contribution in [-0.2, 0) is 0 Å². The molecule has 0 aliphatic rings. The van der Waals surface area contributed by atoms with E-state index in [1.54, 1.807) is 18.2 Å². The van der Waals surface area contributed by atoms with E-state index >= 15 is 0 Å². The maximum atomic E-state index is 12.6. The van der Waals surface area contributed by atoms with Crippen molar-refractivity contribution in [2.75, 3.05) is 5.32 Å². The van der Waals surface area contributed by atoms with Gasteiger partial charge >= 0.3 is 0 Å². The van der Waals surface area contributed by atoms with Crippen molar-refractivity contribution in [2.45, 2.75) is 19.9 Å². The lowest BCUT2D eigenvalue weighted by Gasteiger charge is -2.15. The molecule has 0 bridgehead atoms. The Morgan fingerprint density at radius 2 is 1.64 bits per heavy atom. The van der Waals surface area contributed by atoms with Crippen molar-refractivity contribution >= 4 is 34.1 Å². The van der Waals surface area contributed by atoms with Gasteiger partial charge in [-0.3, -0.25) is 4.79 Å². The third-order valence-corrected chi connectivity index (χ3v) is 5.13. The number of fused-ring (bicyclic) bond motifs is 1. The quantitative estimate of drug-likeness (QED) is 0.410. The number of rotatable bonds is 4. The van der Waals surface area contributed by atoms with Crippen LogP contribution in [0.5, 0.6) is 0 Å². The van der Waals surface area contributed by atoms with Crippen LogP contribution in [0.3, 0.4) is 0 Å². The normalized spacial score (nSPS) is 11.1. The zero-order valence-electron chi connectivity index (χ0n) is 15.8. The number of nitrogens with zero attached hydrogens (tertiary/aromatic N) is 1. The van der Waals surface area contributed by atoms with E-state index in [4.69, 9.17) is 11.6 Å². The molecule has 1 amide bonds. The summed E-state index contributed by atoms with van der Waals surface area (Å²) in [5.41, 5.74) is 4.70. The summed E-state index contributed by atoms with van der Waals surface area (Å²) in [5.74, 6) is -0.212. The Hall–Kier alpha value is -3.04. The Labute approximate surface area is 169 Å². The predicted molar refractivity (Wildman–Crippen MR) is 117 cm³/mol. The van der Waals surface area contributed by atoms with Crippen LogP contribution in [0.25, 0.3) is 22.2 Å². The van der Waals surface area contributed by atoms with Crippen LogP contribution in [0.1, 0.15) is 30.2 Å². The highest BCUT2D eigenvalue weighted by molar-refractivity contribution is 6.34. The summed E-state index contributed by atoms with van der Waals surface area (Å²) in [6.45, 7) is 4.36. The number of carbonyl (C=O) groups is 1. The smallest absolute Gasteiger partial charge is 0.257 e. The lowest BCUT2D eigenvalue weighted by atomic mass is 10.1. The lowest BCUT2D eigenvalue weighted by Crippen LogP contribution is -2.12. The molecule has 0 radical (unpaired) electrons. The van der Waals surface area contributed by atoms with Crippen LogP contribution in [0.15, 0.2) is 78.9 Å². The van der Waals surface area contributed by atoms with E-state index in [1.807, 2.05) is 36.4 Å². The summed E-state index contributed by atoms with van der Waals surface area (Å²) in [6.07, 6.45) is 0. The molecule has 0 atom stereocenters. The van der Waals surface area contributed by atoms with Crippen molar-refractivity contribution in [1.82, 2.24) is 4.57 Å². The highest BCUT2D eigenvalue weighted by Crippen LogP contribution is 2.33. The fourth-order valence-electron chi connectivity index (χ4n) is 3.55. The van der Waals surface area contributed by atoms with Crippen molar-refractivity contribution in [2.24, 2.45) is 0 Å². The van der Waals surface area contributed by atoms with Gasteiger partial charge in [0.05, 0.1) is 10.6 Å². The maximum absolute atomic E-state index is 12.6. The molecule has 1 N–H and O–H groups in total. The molecule has 4 rings (SSSR count). The third-order valence-electron chi connectivity index (χ3n) is 4.80. The van der Waals surface area contributed by atoms with E-state index < -0.39 is 0 Å². The van der Waals surface area contributed by atoms with Gasteiger partial charge in [-0.1, -0.05) is 54.1 Å². The number of carbonyl (C=O) groups excluding carboxylic acids is 1. The van der Waals surface area contributed by atoms with Gasteiger partial charge in [-0.25, -0.2) is 0 Å². The fraction of sp³-hybridized carbons (Fsp3) is 0.125. The maximum Gasteiger partial charge on any atom is 0.257 e. The Morgan fingerprint density at radius 3 is 2.36 bits per heavy atom. The summed E-state index contributed by atoms with van der Waals surface area (Å²) in [4.78, 5) is 12.6. The fourth-order valence-corrected chi connectivity index (χ4v) is 3.77. The van der Waals surface area contributed by atoms with Gasteiger partial charge in [-0.05, 0) is 55.8 Å². The molecule has 0 saturated heterocycles. The van der Waals surface area contributed by atoms with E-state index in [-0.39, 0.29) is 5.91 Å². The van der Waals surface area contributed by atoms with E-state index in [9.17, 15) is 4.79 Å². The molecule has 0 spiro atoms. The van der Waals surface area contributed by atoms with Gasteiger partial charge in [-0.15, -0.1) is 0 Å². The molecule has 0 unspecified atom stereocenters. The number of hydrogen-bond donors (Lipinski definition) is 1. The third kappa shape index (κ3) is 3.41. The predicted octanol–water partition coefficient (Wildman–Crippen LogP) is 6.79. The van der Waals surface area contributed by atoms with Gasteiger partial charge in [0, 0.05) is 28.3 Å². The van der Waals surface area contributed by atoms with Crippen LogP contribution < -0.4 is 5.32 Å². The van der Waals surface area contributed by atoms with Crippen molar-refractivity contribution in [3.05, 3.63) is 89.4 Å². The minimum atomic E-state index is -0.212. The first-order chi connectivity index (χ1) is 13.5. The number of amides is 1. The highest BCUT2D eigenvalue weighted by Gasteiger charge is 2.15. The second-order valence-electron chi connectivity index (χ2n) is 7.07. The zero-order chi connectivity index (χ0) is 19.7. The highest BCUT2D eigenvalue weighted by atomic mass is 35.5. The topological polar surface area (TPSA) is 34.0 Å². The molecule has 0 saturated carbocycles. The molecule has 3 nitrogen and oxygen atoms in total. The molecular formula is C24H21ClN2O. The van der Waals surface area contributed by atoms with Gasteiger partial charge in [-0.2, -0.15) is 0 Å². The van der Waals surface area contributed by atoms with Crippen molar-refractivity contribution < 1.29 is 4.79 Å². The summed E-state index contributed by atoms with van der Waals surface area (Å²) in [5, 5.41) is 4.49. The summed E-state index contributed by atoms with van der Waals surface area (Å²) in [7, 11) is 0. The van der Waals surface area contributed by atoms with Gasteiger partial charge in [0.25, 0.3) is 5.91 Å². The van der Waals surface area contributed by atoms with Crippen molar-refractivity contribution in [1.29, 1.82) is 0 Å². The average molecular weight is 389 g/mol. The molecule has 28 heavy (non-hydrogen) atoms. The molecule has 0 fully saturated rings.